The fourth-order valence-electron chi connectivity index (χ4n) is 5.11. The number of hydrogen-bond acceptors (Lipinski definition) is 6. The highest BCUT2D eigenvalue weighted by Crippen LogP contribution is 2.34. The Morgan fingerprint density at radius 3 is 2.15 bits per heavy atom. The van der Waals surface area contributed by atoms with Crippen molar-refractivity contribution >= 4 is 41.0 Å². The van der Waals surface area contributed by atoms with Crippen molar-refractivity contribution in [2.45, 2.75) is 51.5 Å². The summed E-state index contributed by atoms with van der Waals surface area (Å²) in [6, 6.07) is 18.3. The van der Waals surface area contributed by atoms with Crippen LogP contribution in [0.5, 0.6) is 11.5 Å². The summed E-state index contributed by atoms with van der Waals surface area (Å²) >= 11 is 7.59. The molecule has 1 aliphatic rings. The molecule has 1 fully saturated rings. The van der Waals surface area contributed by atoms with Gasteiger partial charge in [-0.3, -0.25) is 9.59 Å². The molecule has 1 heterocycles. The molecule has 0 aromatic heterocycles. The number of ether oxygens (including phenoxy) is 2. The number of carbonyl (C=O) groups excluding carboxylic acids is 3. The second-order valence-corrected chi connectivity index (χ2v) is 12.4. The maximum absolute atomic E-state index is 13.8. The Labute approximate surface area is 251 Å². The zero-order valence-corrected chi connectivity index (χ0v) is 25.9. The Hall–Kier alpha value is -3.29. The van der Waals surface area contributed by atoms with E-state index in [9.17, 15) is 14.4 Å². The van der Waals surface area contributed by atoms with Gasteiger partial charge in [-0.25, -0.2) is 4.79 Å². The fraction of sp³-hybridized carbons (Fsp3) is 0.364. The Morgan fingerprint density at radius 1 is 0.976 bits per heavy atom. The van der Waals surface area contributed by atoms with E-state index in [1.807, 2.05) is 56.5 Å². The molecule has 3 aromatic rings. The molecule has 6 nitrogen and oxygen atoms in total. The van der Waals surface area contributed by atoms with Gasteiger partial charge in [-0.1, -0.05) is 35.9 Å². The molecule has 1 saturated heterocycles. The van der Waals surface area contributed by atoms with Gasteiger partial charge >= 0.3 is 6.09 Å². The number of nitrogens with zero attached hydrogens (tertiary/aromatic N) is 1. The Morgan fingerprint density at radius 2 is 1.59 bits per heavy atom. The molecule has 8 heteroatoms. The van der Waals surface area contributed by atoms with Crippen molar-refractivity contribution in [2.75, 3.05) is 19.3 Å². The summed E-state index contributed by atoms with van der Waals surface area (Å²) in [4.78, 5) is 41.7. The number of thioether (sulfide) groups is 1. The molecule has 0 radical (unpaired) electrons. The molecule has 0 spiro atoms. The van der Waals surface area contributed by atoms with Crippen LogP contribution in [0.3, 0.4) is 0 Å². The molecule has 0 unspecified atom stereocenters. The highest BCUT2D eigenvalue weighted by atomic mass is 35.5. The first-order chi connectivity index (χ1) is 19.4. The smallest absolute Gasteiger partial charge is 0.415 e. The Kier molecular flexibility index (Phi) is 9.50. The largest absolute Gasteiger partial charge is 0.480 e. The van der Waals surface area contributed by atoms with Gasteiger partial charge in [0.25, 0.3) is 0 Å². The Balaban J connectivity index is 1.59. The first-order valence-electron chi connectivity index (χ1n) is 13.6. The summed E-state index contributed by atoms with van der Waals surface area (Å²) in [7, 11) is 0. The van der Waals surface area contributed by atoms with Gasteiger partial charge in [-0.15, -0.1) is 11.8 Å². The lowest BCUT2D eigenvalue weighted by atomic mass is 9.84. The van der Waals surface area contributed by atoms with Gasteiger partial charge in [-0.05, 0) is 106 Å². The van der Waals surface area contributed by atoms with E-state index in [2.05, 4.69) is 0 Å². The maximum Gasteiger partial charge on any atom is 0.415 e. The second-order valence-electron chi connectivity index (χ2n) is 11.1. The normalized spacial score (nSPS) is 16.9. The van der Waals surface area contributed by atoms with Crippen LogP contribution >= 0.6 is 23.4 Å². The molecule has 0 saturated carbocycles. The van der Waals surface area contributed by atoms with Crippen LogP contribution in [0.2, 0.25) is 5.02 Å². The van der Waals surface area contributed by atoms with Crippen LogP contribution in [0.4, 0.5) is 4.79 Å². The van der Waals surface area contributed by atoms with Crippen LogP contribution in [0.1, 0.15) is 47.8 Å². The summed E-state index contributed by atoms with van der Waals surface area (Å²) in [5.74, 6) is 0.550. The second kappa shape index (κ2) is 12.7. The number of hydrogen-bond donors (Lipinski definition) is 0. The van der Waals surface area contributed by atoms with E-state index in [-0.39, 0.29) is 29.9 Å². The summed E-state index contributed by atoms with van der Waals surface area (Å²) in [6.45, 7) is 9.63. The van der Waals surface area contributed by atoms with Crippen molar-refractivity contribution in [1.29, 1.82) is 0 Å². The zero-order valence-electron chi connectivity index (χ0n) is 24.3. The predicted octanol–water partition coefficient (Wildman–Crippen LogP) is 7.60. The third-order valence-electron chi connectivity index (χ3n) is 7.65. The first kappa shape index (κ1) is 30.7. The number of aryl methyl sites for hydroxylation is 2. The van der Waals surface area contributed by atoms with Crippen molar-refractivity contribution < 1.29 is 23.9 Å². The number of Topliss-reactive ketones (excluding diaryl/α,β-unsaturated/α-hetero) is 2. The Bertz CT molecular complexity index is 1410. The lowest BCUT2D eigenvalue weighted by Gasteiger charge is -2.26. The average molecular weight is 594 g/mol. The average Bonchev–Trinajstić information content (AvgIpc) is 3.35. The zero-order chi connectivity index (χ0) is 29.9. The molecule has 4 rings (SSSR count). The number of carbonyl (C=O) groups is 3. The standard InChI is InChI=1S/C33H36ClNO5S/c1-20-15-23(16-21(2)31(20)40-33(4,5)22(3)36)17-25-18-35(32(38)39-27-11-9-26(34)10-12-27)19-29(25)30(37)24-7-13-28(41-6)14-8-24/h7-16,25,29H,17-19H2,1-6H3/t25-,29-/m1/s1. The number of likely N-dealkylation sites (tertiary alicyclic amines) is 1. The van der Waals surface area contributed by atoms with Gasteiger partial charge in [0.05, 0.1) is 0 Å². The van der Waals surface area contributed by atoms with Gasteiger partial charge in [0, 0.05) is 34.5 Å². The van der Waals surface area contributed by atoms with Crippen molar-refractivity contribution in [2.24, 2.45) is 11.8 Å². The van der Waals surface area contributed by atoms with E-state index < -0.39 is 11.7 Å². The van der Waals surface area contributed by atoms with E-state index >= 15 is 0 Å². The van der Waals surface area contributed by atoms with Crippen LogP contribution in [-0.2, 0) is 11.2 Å². The fourth-order valence-corrected chi connectivity index (χ4v) is 5.64. The highest BCUT2D eigenvalue weighted by molar-refractivity contribution is 7.98. The lowest BCUT2D eigenvalue weighted by Crippen LogP contribution is -2.36. The minimum absolute atomic E-state index is 0.0149. The van der Waals surface area contributed by atoms with E-state index in [0.29, 0.717) is 35.1 Å². The van der Waals surface area contributed by atoms with Gasteiger partial charge in [0.15, 0.2) is 17.2 Å². The van der Waals surface area contributed by atoms with Crippen LogP contribution < -0.4 is 9.47 Å². The van der Waals surface area contributed by atoms with Crippen molar-refractivity contribution in [3.63, 3.8) is 0 Å². The molecule has 41 heavy (non-hydrogen) atoms. The third-order valence-corrected chi connectivity index (χ3v) is 8.65. The molecular formula is C33H36ClNO5S. The number of rotatable bonds is 9. The number of halogens is 1. The van der Waals surface area contributed by atoms with E-state index in [0.717, 1.165) is 21.6 Å². The molecule has 3 aromatic carbocycles. The van der Waals surface area contributed by atoms with E-state index in [4.69, 9.17) is 21.1 Å². The predicted molar refractivity (Wildman–Crippen MR) is 164 cm³/mol. The van der Waals surface area contributed by atoms with Gasteiger partial charge in [-0.2, -0.15) is 0 Å². The molecule has 1 aliphatic heterocycles. The quantitative estimate of drug-likeness (QED) is 0.188. The molecule has 0 aliphatic carbocycles. The van der Waals surface area contributed by atoms with Gasteiger partial charge in [0.2, 0.25) is 0 Å². The molecule has 216 valence electrons. The van der Waals surface area contributed by atoms with Crippen LogP contribution in [-0.4, -0.2) is 47.5 Å². The third kappa shape index (κ3) is 7.32. The van der Waals surface area contributed by atoms with E-state index in [1.54, 1.807) is 54.8 Å². The molecule has 2 atom stereocenters. The molecule has 0 N–H and O–H groups in total. The van der Waals surface area contributed by atoms with Gasteiger partial charge in [0.1, 0.15) is 11.5 Å². The number of amides is 1. The van der Waals surface area contributed by atoms with Crippen molar-refractivity contribution in [3.8, 4) is 11.5 Å². The maximum atomic E-state index is 13.8. The molecule has 1 amide bonds. The highest BCUT2D eigenvalue weighted by Gasteiger charge is 2.40. The minimum atomic E-state index is -0.934. The van der Waals surface area contributed by atoms with E-state index in [1.165, 1.54) is 6.92 Å². The monoisotopic (exact) mass is 593 g/mol. The number of benzene rings is 3. The SMILES string of the molecule is CSc1ccc(C(=O)[C@@H]2CN(C(=O)Oc3ccc(Cl)cc3)C[C@H]2Cc2cc(C)c(OC(C)(C)C(C)=O)c(C)c2)cc1. The lowest BCUT2D eigenvalue weighted by molar-refractivity contribution is -0.129. The van der Waals surface area contributed by atoms with Crippen LogP contribution in [0.25, 0.3) is 0 Å². The van der Waals surface area contributed by atoms with Crippen LogP contribution in [0.15, 0.2) is 65.6 Å². The summed E-state index contributed by atoms with van der Waals surface area (Å²) in [6.07, 6.45) is 2.10. The van der Waals surface area contributed by atoms with Crippen LogP contribution in [0, 0.1) is 25.7 Å². The molecular weight excluding hydrogens is 558 g/mol. The minimum Gasteiger partial charge on any atom is -0.480 e. The molecule has 0 bridgehead atoms. The number of ketones is 2. The van der Waals surface area contributed by atoms with Gasteiger partial charge < -0.3 is 14.4 Å². The topological polar surface area (TPSA) is 72.9 Å². The summed E-state index contributed by atoms with van der Waals surface area (Å²) in [5, 5.41) is 0.552. The summed E-state index contributed by atoms with van der Waals surface area (Å²) in [5.41, 5.74) is 2.58. The summed E-state index contributed by atoms with van der Waals surface area (Å²) < 4.78 is 11.7. The first-order valence-corrected chi connectivity index (χ1v) is 15.2. The van der Waals surface area contributed by atoms with Crippen molar-refractivity contribution in [3.05, 3.63) is 87.9 Å². The van der Waals surface area contributed by atoms with Crippen molar-refractivity contribution in [1.82, 2.24) is 4.90 Å².